The maximum Gasteiger partial charge on any atom is 0.251 e. The number of likely N-dealkylation sites (N-methyl/N-ethyl adjacent to an activating group) is 1. The van der Waals surface area contributed by atoms with Gasteiger partial charge in [-0.1, -0.05) is 25.0 Å². The van der Waals surface area contributed by atoms with Crippen molar-refractivity contribution in [3.63, 3.8) is 0 Å². The number of hydrogen-bond donors (Lipinski definition) is 0. The molecule has 7 nitrogen and oxygen atoms in total. The van der Waals surface area contributed by atoms with Gasteiger partial charge in [-0.15, -0.1) is 0 Å². The Balaban J connectivity index is 1.83. The highest BCUT2D eigenvalue weighted by Crippen LogP contribution is 2.20. The molecule has 29 heavy (non-hydrogen) atoms. The van der Waals surface area contributed by atoms with Crippen LogP contribution in [-0.2, 0) is 21.4 Å². The van der Waals surface area contributed by atoms with Gasteiger partial charge in [0.05, 0.1) is 4.90 Å². The van der Waals surface area contributed by atoms with Crippen LogP contribution in [0.25, 0.3) is 0 Å². The van der Waals surface area contributed by atoms with Gasteiger partial charge in [0.2, 0.25) is 15.9 Å². The number of pyridine rings is 1. The molecule has 1 aromatic carbocycles. The van der Waals surface area contributed by atoms with Crippen LogP contribution in [0.15, 0.2) is 52.3 Å². The topological polar surface area (TPSA) is 79.7 Å². The van der Waals surface area contributed by atoms with Crippen molar-refractivity contribution in [2.45, 2.75) is 44.0 Å². The summed E-state index contributed by atoms with van der Waals surface area (Å²) in [5.74, 6) is -0.304. The van der Waals surface area contributed by atoms with Crippen molar-refractivity contribution in [3.05, 3.63) is 58.5 Å². The first-order valence-electron chi connectivity index (χ1n) is 9.83. The van der Waals surface area contributed by atoms with E-state index in [2.05, 4.69) is 0 Å². The molecule has 0 bridgehead atoms. The smallest absolute Gasteiger partial charge is 0.251 e. The molecular weight excluding hydrogens is 390 g/mol. The zero-order chi connectivity index (χ0) is 21.0. The third-order valence-electron chi connectivity index (χ3n) is 5.23. The average molecular weight is 418 g/mol. The number of carbonyl (C=O) groups is 1. The van der Waals surface area contributed by atoms with E-state index >= 15 is 0 Å². The molecular formula is C21H27N3O4S. The number of sulfonamides is 1. The minimum absolute atomic E-state index is 0.0463. The third kappa shape index (κ3) is 4.94. The van der Waals surface area contributed by atoms with E-state index in [0.29, 0.717) is 13.1 Å². The Morgan fingerprint density at radius 1 is 1.07 bits per heavy atom. The van der Waals surface area contributed by atoms with Crippen LogP contribution in [0.5, 0.6) is 0 Å². The molecule has 0 unspecified atom stereocenters. The van der Waals surface area contributed by atoms with Crippen LogP contribution in [0.4, 0.5) is 5.69 Å². The van der Waals surface area contributed by atoms with E-state index in [4.69, 9.17) is 0 Å². The standard InChI is InChI=1S/C21H27N3O4S/c1-17-8-7-9-18(14-17)22(2)21(26)16-23-15-19(10-11-20(23)25)29(27,28)24-12-5-3-4-6-13-24/h7-11,14-15H,3-6,12-13,16H2,1-2H3. The van der Waals surface area contributed by atoms with Crippen LogP contribution in [0, 0.1) is 6.92 Å². The molecule has 0 saturated carbocycles. The van der Waals surface area contributed by atoms with Crippen molar-refractivity contribution in [1.29, 1.82) is 0 Å². The number of aryl methyl sites for hydroxylation is 1. The number of anilines is 1. The molecule has 1 aromatic heterocycles. The molecule has 2 heterocycles. The molecule has 1 amide bonds. The summed E-state index contributed by atoms with van der Waals surface area (Å²) < 4.78 is 28.6. The van der Waals surface area contributed by atoms with Gasteiger partial charge in [-0.3, -0.25) is 9.59 Å². The first-order chi connectivity index (χ1) is 13.8. The second kappa shape index (κ2) is 8.92. The average Bonchev–Trinajstić information content (AvgIpc) is 2.99. The molecule has 2 aromatic rings. The number of amides is 1. The minimum atomic E-state index is -3.69. The summed E-state index contributed by atoms with van der Waals surface area (Å²) in [6.07, 6.45) is 4.98. The zero-order valence-corrected chi connectivity index (χ0v) is 17.7. The van der Waals surface area contributed by atoms with E-state index in [1.807, 2.05) is 31.2 Å². The van der Waals surface area contributed by atoms with Crippen LogP contribution >= 0.6 is 0 Å². The largest absolute Gasteiger partial charge is 0.314 e. The van der Waals surface area contributed by atoms with E-state index < -0.39 is 15.6 Å². The van der Waals surface area contributed by atoms with E-state index in [1.54, 1.807) is 7.05 Å². The first kappa shape index (κ1) is 21.3. The molecule has 1 aliphatic rings. The second-order valence-corrected chi connectivity index (χ2v) is 9.38. The van der Waals surface area contributed by atoms with E-state index in [1.165, 1.54) is 32.1 Å². The van der Waals surface area contributed by atoms with E-state index in [9.17, 15) is 18.0 Å². The molecule has 156 valence electrons. The molecule has 1 fully saturated rings. The highest BCUT2D eigenvalue weighted by atomic mass is 32.2. The molecule has 0 atom stereocenters. The van der Waals surface area contributed by atoms with Gasteiger partial charge in [0.1, 0.15) is 6.54 Å². The molecule has 0 radical (unpaired) electrons. The fourth-order valence-corrected chi connectivity index (χ4v) is 4.99. The lowest BCUT2D eigenvalue weighted by Gasteiger charge is -2.21. The predicted octanol–water partition coefficient (Wildman–Crippen LogP) is 2.38. The number of aromatic nitrogens is 1. The Morgan fingerprint density at radius 3 is 2.41 bits per heavy atom. The molecule has 0 aliphatic carbocycles. The lowest BCUT2D eigenvalue weighted by molar-refractivity contribution is -0.118. The summed E-state index contributed by atoms with van der Waals surface area (Å²) in [6.45, 7) is 2.67. The van der Waals surface area contributed by atoms with Crippen LogP contribution in [0.2, 0.25) is 0 Å². The third-order valence-corrected chi connectivity index (χ3v) is 7.11. The molecule has 3 rings (SSSR count). The SMILES string of the molecule is Cc1cccc(N(C)C(=O)Cn2cc(S(=O)(=O)N3CCCCCC3)ccc2=O)c1. The Hall–Kier alpha value is -2.45. The number of carbonyl (C=O) groups excluding carboxylic acids is 1. The number of hydrogen-bond acceptors (Lipinski definition) is 4. The Bertz CT molecular complexity index is 1040. The monoisotopic (exact) mass is 417 g/mol. The summed E-state index contributed by atoms with van der Waals surface area (Å²) in [7, 11) is -2.05. The van der Waals surface area contributed by atoms with Gasteiger partial charge >= 0.3 is 0 Å². The van der Waals surface area contributed by atoms with Gasteiger partial charge in [-0.25, -0.2) is 8.42 Å². The normalized spacial score (nSPS) is 15.7. The lowest BCUT2D eigenvalue weighted by Crippen LogP contribution is -2.35. The van der Waals surface area contributed by atoms with Gasteiger partial charge < -0.3 is 9.47 Å². The van der Waals surface area contributed by atoms with Crippen molar-refractivity contribution >= 4 is 21.6 Å². The van der Waals surface area contributed by atoms with Crippen molar-refractivity contribution in [2.75, 3.05) is 25.0 Å². The predicted molar refractivity (Wildman–Crippen MR) is 113 cm³/mol. The molecule has 0 spiro atoms. The molecule has 8 heteroatoms. The fourth-order valence-electron chi connectivity index (χ4n) is 3.45. The van der Waals surface area contributed by atoms with Gasteiger partial charge in [0.25, 0.3) is 5.56 Å². The summed E-state index contributed by atoms with van der Waals surface area (Å²) in [6, 6.07) is 10.0. The Morgan fingerprint density at radius 2 is 1.76 bits per heavy atom. The Kier molecular flexibility index (Phi) is 6.54. The van der Waals surface area contributed by atoms with Gasteiger partial charge in [0.15, 0.2) is 0 Å². The molecule has 0 N–H and O–H groups in total. The van der Waals surface area contributed by atoms with Crippen molar-refractivity contribution in [2.24, 2.45) is 0 Å². The second-order valence-electron chi connectivity index (χ2n) is 7.44. The van der Waals surface area contributed by atoms with Crippen LogP contribution < -0.4 is 10.5 Å². The minimum Gasteiger partial charge on any atom is -0.314 e. The number of nitrogens with zero attached hydrogens (tertiary/aromatic N) is 3. The molecule has 1 saturated heterocycles. The highest BCUT2D eigenvalue weighted by Gasteiger charge is 2.26. The zero-order valence-electron chi connectivity index (χ0n) is 16.9. The molecule has 1 aliphatic heterocycles. The summed E-state index contributed by atoms with van der Waals surface area (Å²) in [4.78, 5) is 26.5. The van der Waals surface area contributed by atoms with Crippen molar-refractivity contribution in [1.82, 2.24) is 8.87 Å². The maximum absolute atomic E-state index is 13.0. The van der Waals surface area contributed by atoms with Crippen LogP contribution in [0.3, 0.4) is 0 Å². The highest BCUT2D eigenvalue weighted by molar-refractivity contribution is 7.89. The summed E-state index contributed by atoms with van der Waals surface area (Å²) in [5.41, 5.74) is 1.33. The maximum atomic E-state index is 13.0. The first-order valence-corrected chi connectivity index (χ1v) is 11.3. The quantitative estimate of drug-likeness (QED) is 0.748. The van der Waals surface area contributed by atoms with Crippen molar-refractivity contribution in [3.8, 4) is 0 Å². The van der Waals surface area contributed by atoms with Gasteiger partial charge in [0, 0.05) is 38.1 Å². The summed E-state index contributed by atoms with van der Waals surface area (Å²) >= 11 is 0. The van der Waals surface area contributed by atoms with Crippen LogP contribution in [0.1, 0.15) is 31.2 Å². The van der Waals surface area contributed by atoms with Gasteiger partial charge in [-0.05, 0) is 43.5 Å². The fraction of sp³-hybridized carbons (Fsp3) is 0.429. The number of rotatable bonds is 5. The van der Waals surface area contributed by atoms with Crippen molar-refractivity contribution < 1.29 is 13.2 Å². The Labute approximate surface area is 171 Å². The van der Waals surface area contributed by atoms with Crippen LogP contribution in [-0.4, -0.2) is 43.3 Å². The van der Waals surface area contributed by atoms with Gasteiger partial charge in [-0.2, -0.15) is 4.31 Å². The van der Waals surface area contributed by atoms with E-state index in [0.717, 1.165) is 36.9 Å². The van der Waals surface area contributed by atoms with E-state index in [-0.39, 0.29) is 17.3 Å². The lowest BCUT2D eigenvalue weighted by atomic mass is 10.2. The number of benzene rings is 1. The summed E-state index contributed by atoms with van der Waals surface area (Å²) in [5, 5.41) is 0.